The van der Waals surface area contributed by atoms with Gasteiger partial charge < -0.3 is 9.32 Å². The molecular weight excluding hydrogens is 420 g/mol. The molecular formula is C18H21BrN2O4S. The van der Waals surface area contributed by atoms with E-state index in [1.807, 2.05) is 19.1 Å². The topological polar surface area (TPSA) is 79.6 Å². The second-order valence-corrected chi connectivity index (χ2v) is 8.78. The van der Waals surface area contributed by atoms with Gasteiger partial charge in [-0.3, -0.25) is 4.79 Å². The van der Waals surface area contributed by atoms with Gasteiger partial charge in [0.05, 0.1) is 4.90 Å². The number of nitrogens with one attached hydrogen (secondary N) is 1. The molecule has 0 radical (unpaired) electrons. The molecule has 1 aliphatic heterocycles. The molecule has 0 saturated carbocycles. The van der Waals surface area contributed by atoms with Crippen molar-refractivity contribution in [3.8, 4) is 0 Å². The van der Waals surface area contributed by atoms with Crippen molar-refractivity contribution < 1.29 is 17.6 Å². The van der Waals surface area contributed by atoms with Crippen LogP contribution in [0.3, 0.4) is 0 Å². The Balaban J connectivity index is 1.58. The molecule has 0 spiro atoms. The summed E-state index contributed by atoms with van der Waals surface area (Å²) in [4.78, 5) is 14.3. The number of benzene rings is 1. The van der Waals surface area contributed by atoms with Crippen molar-refractivity contribution in [2.24, 2.45) is 0 Å². The Morgan fingerprint density at radius 1 is 1.19 bits per heavy atom. The smallest absolute Gasteiger partial charge is 0.289 e. The van der Waals surface area contributed by atoms with Crippen molar-refractivity contribution in [2.75, 3.05) is 13.1 Å². The Bertz CT molecular complexity index is 869. The third kappa shape index (κ3) is 4.36. The van der Waals surface area contributed by atoms with Crippen LogP contribution in [0.15, 0.2) is 50.4 Å². The first-order chi connectivity index (χ1) is 12.4. The monoisotopic (exact) mass is 440 g/mol. The average Bonchev–Trinajstić information content (AvgIpc) is 3.08. The van der Waals surface area contributed by atoms with Crippen LogP contribution in [-0.4, -0.2) is 38.4 Å². The molecule has 1 saturated heterocycles. The predicted molar refractivity (Wildman–Crippen MR) is 101 cm³/mol. The molecule has 1 amide bonds. The SMILES string of the molecule is CCc1ccc(S(=O)(=O)NC2CCN(C(=O)c3ccc(Br)o3)CC2)cc1. The summed E-state index contributed by atoms with van der Waals surface area (Å²) in [7, 11) is -3.55. The summed E-state index contributed by atoms with van der Waals surface area (Å²) >= 11 is 3.18. The van der Waals surface area contributed by atoms with Crippen LogP contribution < -0.4 is 4.72 Å². The number of halogens is 1. The summed E-state index contributed by atoms with van der Waals surface area (Å²) in [5, 5.41) is 0. The summed E-state index contributed by atoms with van der Waals surface area (Å²) in [6.07, 6.45) is 2.01. The van der Waals surface area contributed by atoms with E-state index in [4.69, 9.17) is 4.42 Å². The van der Waals surface area contributed by atoms with Crippen molar-refractivity contribution in [2.45, 2.75) is 37.1 Å². The zero-order valence-electron chi connectivity index (χ0n) is 14.4. The molecule has 1 fully saturated rings. The highest BCUT2D eigenvalue weighted by molar-refractivity contribution is 9.10. The number of likely N-dealkylation sites (tertiary alicyclic amines) is 1. The van der Waals surface area contributed by atoms with Gasteiger partial charge in [0, 0.05) is 19.1 Å². The van der Waals surface area contributed by atoms with Crippen LogP contribution in [0.2, 0.25) is 0 Å². The molecule has 0 unspecified atom stereocenters. The van der Waals surface area contributed by atoms with Gasteiger partial charge >= 0.3 is 0 Å². The number of rotatable bonds is 5. The van der Waals surface area contributed by atoms with Crippen molar-refractivity contribution in [3.05, 3.63) is 52.4 Å². The number of carbonyl (C=O) groups excluding carboxylic acids is 1. The molecule has 8 heteroatoms. The van der Waals surface area contributed by atoms with E-state index in [0.29, 0.717) is 30.6 Å². The fraction of sp³-hybridized carbons (Fsp3) is 0.389. The minimum atomic E-state index is -3.55. The second kappa shape index (κ2) is 7.94. The third-order valence-corrected chi connectivity index (χ3v) is 6.49. The van der Waals surface area contributed by atoms with E-state index in [0.717, 1.165) is 12.0 Å². The minimum absolute atomic E-state index is 0.174. The van der Waals surface area contributed by atoms with Crippen LogP contribution >= 0.6 is 15.9 Å². The first-order valence-corrected chi connectivity index (χ1v) is 10.8. The number of sulfonamides is 1. The molecule has 2 heterocycles. The maximum Gasteiger partial charge on any atom is 0.289 e. The van der Waals surface area contributed by atoms with Gasteiger partial charge in [0.2, 0.25) is 10.0 Å². The lowest BCUT2D eigenvalue weighted by molar-refractivity contribution is 0.0677. The normalized spacial score (nSPS) is 16.0. The molecule has 2 aromatic rings. The van der Waals surface area contributed by atoms with Crippen LogP contribution in [0, 0.1) is 0 Å². The van der Waals surface area contributed by atoms with E-state index in [9.17, 15) is 13.2 Å². The van der Waals surface area contributed by atoms with E-state index in [-0.39, 0.29) is 22.6 Å². The fourth-order valence-corrected chi connectivity index (χ4v) is 4.59. The number of furan rings is 1. The molecule has 1 aliphatic rings. The molecule has 0 atom stereocenters. The average molecular weight is 441 g/mol. The van der Waals surface area contributed by atoms with Gasteiger partial charge in [-0.2, -0.15) is 0 Å². The van der Waals surface area contributed by atoms with Gasteiger partial charge in [-0.1, -0.05) is 19.1 Å². The van der Waals surface area contributed by atoms with Crippen molar-refractivity contribution in [1.29, 1.82) is 0 Å². The summed E-state index contributed by atoms with van der Waals surface area (Å²) < 4.78 is 33.6. The highest BCUT2D eigenvalue weighted by atomic mass is 79.9. The molecule has 1 aromatic carbocycles. The van der Waals surface area contributed by atoms with Gasteiger partial charge in [-0.15, -0.1) is 0 Å². The van der Waals surface area contributed by atoms with Crippen LogP contribution in [0.25, 0.3) is 0 Å². The fourth-order valence-electron chi connectivity index (χ4n) is 2.98. The maximum absolute atomic E-state index is 12.5. The Kier molecular flexibility index (Phi) is 5.84. The lowest BCUT2D eigenvalue weighted by atomic mass is 10.1. The quantitative estimate of drug-likeness (QED) is 0.773. The van der Waals surface area contributed by atoms with Gasteiger partial charge in [0.1, 0.15) is 0 Å². The van der Waals surface area contributed by atoms with E-state index in [2.05, 4.69) is 20.7 Å². The van der Waals surface area contributed by atoms with Crippen LogP contribution in [0.5, 0.6) is 0 Å². The van der Waals surface area contributed by atoms with E-state index < -0.39 is 10.0 Å². The highest BCUT2D eigenvalue weighted by Gasteiger charge is 2.28. The van der Waals surface area contributed by atoms with Gasteiger partial charge in [-0.05, 0) is 65.0 Å². The van der Waals surface area contributed by atoms with Crippen molar-refractivity contribution >= 4 is 31.9 Å². The Labute approximate surface area is 161 Å². The van der Waals surface area contributed by atoms with Gasteiger partial charge in [0.15, 0.2) is 10.4 Å². The molecule has 1 aromatic heterocycles. The van der Waals surface area contributed by atoms with Gasteiger partial charge in [-0.25, -0.2) is 13.1 Å². The van der Waals surface area contributed by atoms with E-state index >= 15 is 0 Å². The number of aryl methyl sites for hydroxylation is 1. The molecule has 6 nitrogen and oxygen atoms in total. The molecule has 0 aliphatic carbocycles. The Morgan fingerprint density at radius 3 is 2.38 bits per heavy atom. The second-order valence-electron chi connectivity index (χ2n) is 6.29. The van der Waals surface area contributed by atoms with E-state index in [1.165, 1.54) is 0 Å². The van der Waals surface area contributed by atoms with Crippen LogP contribution in [0.4, 0.5) is 0 Å². The summed E-state index contributed by atoms with van der Waals surface area (Å²) in [6, 6.07) is 10.1. The number of carbonyl (C=O) groups is 1. The van der Waals surface area contributed by atoms with Gasteiger partial charge in [0.25, 0.3) is 5.91 Å². The van der Waals surface area contributed by atoms with Crippen LogP contribution in [-0.2, 0) is 16.4 Å². The molecule has 0 bridgehead atoms. The first-order valence-electron chi connectivity index (χ1n) is 8.55. The number of hydrogen-bond donors (Lipinski definition) is 1. The Hall–Kier alpha value is -1.64. The third-order valence-electron chi connectivity index (χ3n) is 4.53. The zero-order chi connectivity index (χ0) is 18.7. The van der Waals surface area contributed by atoms with E-state index in [1.54, 1.807) is 29.2 Å². The summed E-state index contributed by atoms with van der Waals surface area (Å²) in [5.74, 6) is 0.110. The lowest BCUT2D eigenvalue weighted by Gasteiger charge is -2.31. The maximum atomic E-state index is 12.5. The molecule has 1 N–H and O–H groups in total. The number of piperidine rings is 1. The molecule has 3 rings (SSSR count). The predicted octanol–water partition coefficient (Wildman–Crippen LogP) is 3.19. The van der Waals surface area contributed by atoms with Crippen molar-refractivity contribution in [1.82, 2.24) is 9.62 Å². The standard InChI is InChI=1S/C18H21BrN2O4S/c1-2-13-3-5-15(6-4-13)26(23,24)20-14-9-11-21(12-10-14)18(22)16-7-8-17(19)25-16/h3-8,14,20H,2,9-12H2,1H3. The largest absolute Gasteiger partial charge is 0.444 e. The number of hydrogen-bond acceptors (Lipinski definition) is 4. The highest BCUT2D eigenvalue weighted by Crippen LogP contribution is 2.20. The number of nitrogens with zero attached hydrogens (tertiary/aromatic N) is 1. The molecule has 26 heavy (non-hydrogen) atoms. The Morgan fingerprint density at radius 2 is 1.85 bits per heavy atom. The first kappa shape index (κ1) is 19.1. The van der Waals surface area contributed by atoms with Crippen molar-refractivity contribution in [3.63, 3.8) is 0 Å². The number of amides is 1. The lowest BCUT2D eigenvalue weighted by Crippen LogP contribution is -2.46. The summed E-state index contributed by atoms with van der Waals surface area (Å²) in [5.41, 5.74) is 1.10. The molecule has 140 valence electrons. The summed E-state index contributed by atoms with van der Waals surface area (Å²) in [6.45, 7) is 3.00. The minimum Gasteiger partial charge on any atom is -0.444 e. The van der Waals surface area contributed by atoms with Crippen LogP contribution in [0.1, 0.15) is 35.9 Å². The zero-order valence-corrected chi connectivity index (χ0v) is 16.8.